The topological polar surface area (TPSA) is 50.7 Å². The molecule has 0 fully saturated rings. The Morgan fingerprint density at radius 2 is 2.04 bits per heavy atom. The van der Waals surface area contributed by atoms with Crippen LogP contribution in [0, 0.1) is 0 Å². The number of fused-ring (bicyclic) bond motifs is 1. The molecule has 0 aliphatic heterocycles. The van der Waals surface area contributed by atoms with E-state index in [1.54, 1.807) is 6.21 Å². The zero-order valence-corrected chi connectivity index (χ0v) is 14.6. The number of benzene rings is 2. The first kappa shape index (κ1) is 17.2. The van der Waals surface area contributed by atoms with Crippen molar-refractivity contribution in [1.29, 1.82) is 0 Å². The summed E-state index contributed by atoms with van der Waals surface area (Å²) in [4.78, 5) is 17.2. The number of hydrogen-bond donors (Lipinski definition) is 1. The van der Waals surface area contributed by atoms with Gasteiger partial charge in [-0.05, 0) is 47.9 Å². The number of nitrogens with zero attached hydrogens (tertiary/aromatic N) is 1. The monoisotopic (exact) mass is 336 g/mol. The van der Waals surface area contributed by atoms with Crippen molar-refractivity contribution in [2.75, 3.05) is 6.61 Å². The normalized spacial score (nSPS) is 16.4. The third-order valence-electron chi connectivity index (χ3n) is 4.56. The molecule has 2 aromatic carbocycles. The van der Waals surface area contributed by atoms with Crippen LogP contribution in [0.25, 0.3) is 0 Å². The highest BCUT2D eigenvalue weighted by Crippen LogP contribution is 2.29. The summed E-state index contributed by atoms with van der Waals surface area (Å²) in [6.07, 6.45) is 5.78. The lowest BCUT2D eigenvalue weighted by atomic mass is 9.88. The van der Waals surface area contributed by atoms with Gasteiger partial charge in [0.25, 0.3) is 5.91 Å². The minimum atomic E-state index is -0.139. The fourth-order valence-electron chi connectivity index (χ4n) is 3.17. The van der Waals surface area contributed by atoms with E-state index in [4.69, 9.17) is 4.84 Å². The predicted molar refractivity (Wildman–Crippen MR) is 99.6 cm³/mol. The van der Waals surface area contributed by atoms with Gasteiger partial charge in [0.05, 0.1) is 12.3 Å². The highest BCUT2D eigenvalue weighted by molar-refractivity contribution is 5.80. The van der Waals surface area contributed by atoms with Crippen molar-refractivity contribution in [1.82, 2.24) is 5.32 Å². The van der Waals surface area contributed by atoms with E-state index < -0.39 is 0 Å². The Morgan fingerprint density at radius 3 is 2.84 bits per heavy atom. The van der Waals surface area contributed by atoms with Crippen molar-refractivity contribution in [2.45, 2.75) is 38.6 Å². The van der Waals surface area contributed by atoms with E-state index in [2.05, 4.69) is 41.7 Å². The molecular formula is C21H24N2O2. The maximum atomic E-state index is 12.1. The highest BCUT2D eigenvalue weighted by atomic mass is 16.6. The predicted octanol–water partition coefficient (Wildman–Crippen LogP) is 3.79. The van der Waals surface area contributed by atoms with Crippen molar-refractivity contribution < 1.29 is 9.63 Å². The van der Waals surface area contributed by atoms with E-state index in [0.717, 1.165) is 31.2 Å². The molecule has 0 saturated heterocycles. The van der Waals surface area contributed by atoms with E-state index >= 15 is 0 Å². The Labute approximate surface area is 148 Å². The Bertz CT molecular complexity index is 738. The van der Waals surface area contributed by atoms with Crippen LogP contribution in [-0.2, 0) is 22.5 Å². The number of carbonyl (C=O) groups excluding carboxylic acids is 1. The summed E-state index contributed by atoms with van der Waals surface area (Å²) in [5.41, 5.74) is 4.79. The van der Waals surface area contributed by atoms with E-state index in [-0.39, 0.29) is 18.6 Å². The first-order chi connectivity index (χ1) is 12.3. The van der Waals surface area contributed by atoms with Crippen molar-refractivity contribution in [2.24, 2.45) is 5.16 Å². The molecule has 0 unspecified atom stereocenters. The van der Waals surface area contributed by atoms with Gasteiger partial charge in [0, 0.05) is 0 Å². The summed E-state index contributed by atoms with van der Waals surface area (Å²) in [6, 6.07) is 16.5. The number of amides is 1. The molecule has 0 heterocycles. The van der Waals surface area contributed by atoms with Crippen LogP contribution in [0.2, 0.25) is 0 Å². The van der Waals surface area contributed by atoms with Crippen LogP contribution in [-0.4, -0.2) is 18.7 Å². The number of aryl methyl sites for hydroxylation is 2. The van der Waals surface area contributed by atoms with Crippen LogP contribution < -0.4 is 5.32 Å². The van der Waals surface area contributed by atoms with Gasteiger partial charge in [-0.3, -0.25) is 4.79 Å². The number of nitrogens with one attached hydrogen (secondary N) is 1. The first-order valence-corrected chi connectivity index (χ1v) is 8.87. The lowest BCUT2D eigenvalue weighted by molar-refractivity contribution is -0.126. The Morgan fingerprint density at radius 1 is 1.24 bits per heavy atom. The standard InChI is InChI=1S/C21H24N2O2/c1-2-16-10-12-17(13-11-16)14-22-25-15-21(24)23-20-9-5-7-18-6-3-4-8-19(18)20/h3-4,6,8,10-14,20H,2,5,7,9,15H2,1H3,(H,23,24)/b22-14-/t20-/m0/s1. The zero-order chi connectivity index (χ0) is 17.5. The van der Waals surface area contributed by atoms with Crippen molar-refractivity contribution >= 4 is 12.1 Å². The van der Waals surface area contributed by atoms with E-state index in [1.165, 1.54) is 16.7 Å². The quantitative estimate of drug-likeness (QED) is 0.644. The van der Waals surface area contributed by atoms with E-state index in [0.29, 0.717) is 0 Å². The highest BCUT2D eigenvalue weighted by Gasteiger charge is 2.21. The third-order valence-corrected chi connectivity index (χ3v) is 4.56. The Balaban J connectivity index is 1.48. The van der Waals surface area contributed by atoms with Crippen LogP contribution in [0.5, 0.6) is 0 Å². The van der Waals surface area contributed by atoms with Gasteiger partial charge in [-0.1, -0.05) is 60.6 Å². The molecule has 1 atom stereocenters. The summed E-state index contributed by atoms with van der Waals surface area (Å²) in [7, 11) is 0. The molecule has 3 rings (SSSR count). The molecular weight excluding hydrogens is 312 g/mol. The maximum Gasteiger partial charge on any atom is 0.261 e. The second-order valence-corrected chi connectivity index (χ2v) is 6.31. The van der Waals surface area contributed by atoms with Crippen LogP contribution in [0.3, 0.4) is 0 Å². The van der Waals surface area contributed by atoms with Crippen molar-refractivity contribution in [3.63, 3.8) is 0 Å². The summed E-state index contributed by atoms with van der Waals surface area (Å²) in [5.74, 6) is -0.139. The molecule has 0 bridgehead atoms. The average Bonchev–Trinajstić information content (AvgIpc) is 2.66. The molecule has 0 saturated carbocycles. The zero-order valence-electron chi connectivity index (χ0n) is 14.6. The molecule has 0 aromatic heterocycles. The van der Waals surface area contributed by atoms with Crippen LogP contribution in [0.4, 0.5) is 0 Å². The smallest absolute Gasteiger partial charge is 0.261 e. The van der Waals surface area contributed by atoms with Gasteiger partial charge in [-0.2, -0.15) is 0 Å². The minimum absolute atomic E-state index is 0.0673. The first-order valence-electron chi connectivity index (χ1n) is 8.87. The number of hydrogen-bond acceptors (Lipinski definition) is 3. The van der Waals surface area contributed by atoms with Crippen LogP contribution in [0.15, 0.2) is 53.7 Å². The van der Waals surface area contributed by atoms with Gasteiger partial charge in [0.1, 0.15) is 0 Å². The van der Waals surface area contributed by atoms with E-state index in [1.807, 2.05) is 24.3 Å². The lowest BCUT2D eigenvalue weighted by Gasteiger charge is -2.26. The van der Waals surface area contributed by atoms with Crippen LogP contribution in [0.1, 0.15) is 48.1 Å². The fourth-order valence-corrected chi connectivity index (χ4v) is 3.17. The fraction of sp³-hybridized carbons (Fsp3) is 0.333. The molecule has 1 aliphatic carbocycles. The van der Waals surface area contributed by atoms with Gasteiger partial charge in [0.15, 0.2) is 6.61 Å². The summed E-state index contributed by atoms with van der Waals surface area (Å²) >= 11 is 0. The summed E-state index contributed by atoms with van der Waals surface area (Å²) in [5, 5.41) is 6.94. The molecule has 2 aromatic rings. The van der Waals surface area contributed by atoms with Crippen molar-refractivity contribution in [3.8, 4) is 0 Å². The Kier molecular flexibility index (Phi) is 5.83. The average molecular weight is 336 g/mol. The summed E-state index contributed by atoms with van der Waals surface area (Å²) in [6.45, 7) is 2.05. The van der Waals surface area contributed by atoms with Gasteiger partial charge < -0.3 is 10.2 Å². The van der Waals surface area contributed by atoms with Gasteiger partial charge in [-0.15, -0.1) is 0 Å². The Hall–Kier alpha value is -2.62. The lowest BCUT2D eigenvalue weighted by Crippen LogP contribution is -2.33. The second-order valence-electron chi connectivity index (χ2n) is 6.31. The molecule has 0 radical (unpaired) electrons. The molecule has 1 N–H and O–H groups in total. The largest absolute Gasteiger partial charge is 0.386 e. The third kappa shape index (κ3) is 4.69. The minimum Gasteiger partial charge on any atom is -0.386 e. The molecule has 0 spiro atoms. The summed E-state index contributed by atoms with van der Waals surface area (Å²) < 4.78 is 0. The number of carbonyl (C=O) groups is 1. The maximum absolute atomic E-state index is 12.1. The van der Waals surface area contributed by atoms with Gasteiger partial charge in [-0.25, -0.2) is 0 Å². The number of rotatable bonds is 6. The van der Waals surface area contributed by atoms with Crippen LogP contribution >= 0.6 is 0 Å². The van der Waals surface area contributed by atoms with Crippen molar-refractivity contribution in [3.05, 3.63) is 70.8 Å². The molecule has 1 amide bonds. The molecule has 130 valence electrons. The SMILES string of the molecule is CCc1ccc(/C=N\OCC(=O)N[C@H]2CCCc3ccccc32)cc1. The number of oxime groups is 1. The molecule has 25 heavy (non-hydrogen) atoms. The molecule has 1 aliphatic rings. The molecule has 4 heteroatoms. The molecule has 4 nitrogen and oxygen atoms in total. The van der Waals surface area contributed by atoms with E-state index in [9.17, 15) is 4.79 Å². The van der Waals surface area contributed by atoms with Gasteiger partial charge >= 0.3 is 0 Å². The second kappa shape index (κ2) is 8.47. The van der Waals surface area contributed by atoms with Gasteiger partial charge in [0.2, 0.25) is 0 Å².